The molecule has 4 aliphatic heterocycles. The van der Waals surface area contributed by atoms with E-state index in [1.807, 2.05) is 6.92 Å². The lowest BCUT2D eigenvalue weighted by Gasteiger charge is -2.50. The van der Waals surface area contributed by atoms with E-state index in [0.29, 0.717) is 12.7 Å². The summed E-state index contributed by atoms with van der Waals surface area (Å²) in [6, 6.07) is -0.782. The molecule has 4 aliphatic rings. The minimum Gasteiger partial charge on any atom is -0.462 e. The Morgan fingerprint density at radius 1 is 0.982 bits per heavy atom. The zero-order chi connectivity index (χ0) is 42.4. The molecule has 4 heterocycles. The van der Waals surface area contributed by atoms with Gasteiger partial charge in [0.25, 0.3) is 0 Å². The Bertz CT molecular complexity index is 1380. The van der Waals surface area contributed by atoms with Gasteiger partial charge in [0.05, 0.1) is 43.0 Å². The van der Waals surface area contributed by atoms with Crippen LogP contribution in [0.4, 0.5) is 0 Å². The van der Waals surface area contributed by atoms with Crippen LogP contribution in [-0.2, 0) is 61.8 Å². The molecule has 4 rings (SSSR count). The number of rotatable bonds is 11. The number of likely N-dealkylation sites (N-methyl/N-ethyl adjacent to an activating group) is 1. The van der Waals surface area contributed by atoms with Crippen molar-refractivity contribution in [2.24, 2.45) is 11.8 Å². The molecule has 17 nitrogen and oxygen atoms in total. The number of esters is 3. The second-order valence-electron chi connectivity index (χ2n) is 16.4. The zero-order valence-electron chi connectivity index (χ0n) is 34.9. The van der Waals surface area contributed by atoms with Gasteiger partial charge in [0, 0.05) is 39.7 Å². The number of carbonyl (C=O) groups is 4. The van der Waals surface area contributed by atoms with Crippen molar-refractivity contribution < 1.29 is 77.1 Å². The van der Waals surface area contributed by atoms with E-state index >= 15 is 0 Å². The molecule has 0 spiro atoms. The normalized spacial score (nSPS) is 44.0. The van der Waals surface area contributed by atoms with Crippen LogP contribution in [0, 0.1) is 11.8 Å². The SMILES string of the molecule is CCC(=O)O[C@@H]1CC(=O)O[C@H](C)C[C@@H]2O[C@@H]2/C=C\[C@@H](O)[C@H](C)C[C@H](CC=O)[C@H](O[C@H]2O[C@H](C)[C@H](O[C@H]3C[C@@](C)(O)[C@@H](OC(C)=O)[C@@H](C)O3)[C@H](N(C)C)[C@H]2O)[C@@H]1OC. The van der Waals surface area contributed by atoms with Crippen LogP contribution in [0.2, 0.25) is 0 Å². The summed E-state index contributed by atoms with van der Waals surface area (Å²) in [6.45, 7) is 11.3. The van der Waals surface area contributed by atoms with Gasteiger partial charge in [0.2, 0.25) is 0 Å². The second kappa shape index (κ2) is 20.6. The summed E-state index contributed by atoms with van der Waals surface area (Å²) in [4.78, 5) is 52.0. The van der Waals surface area contributed by atoms with Crippen molar-refractivity contribution in [3.05, 3.63) is 12.2 Å². The summed E-state index contributed by atoms with van der Waals surface area (Å²) >= 11 is 0. The molecule has 18 atom stereocenters. The number of aliphatic hydroxyl groups is 3. The van der Waals surface area contributed by atoms with E-state index in [0.717, 1.165) is 0 Å². The van der Waals surface area contributed by atoms with Gasteiger partial charge < -0.3 is 67.6 Å². The van der Waals surface area contributed by atoms with Crippen molar-refractivity contribution in [3.8, 4) is 0 Å². The number of aldehydes is 1. The molecule has 0 radical (unpaired) electrons. The topological polar surface area (TPSA) is 219 Å². The highest BCUT2D eigenvalue weighted by Crippen LogP contribution is 2.38. The first kappa shape index (κ1) is 47.1. The third kappa shape index (κ3) is 12.5. The molecule has 0 amide bonds. The highest BCUT2D eigenvalue weighted by atomic mass is 16.7. The number of hydrogen-bond acceptors (Lipinski definition) is 17. The molecule has 0 aromatic heterocycles. The summed E-state index contributed by atoms with van der Waals surface area (Å²) in [6.07, 6.45) is -8.23. The Morgan fingerprint density at radius 3 is 2.28 bits per heavy atom. The van der Waals surface area contributed by atoms with E-state index in [2.05, 4.69) is 0 Å². The van der Waals surface area contributed by atoms with Gasteiger partial charge in [-0.1, -0.05) is 26.0 Å². The molecule has 0 aliphatic carbocycles. The number of ether oxygens (including phenoxy) is 9. The molecule has 3 saturated heterocycles. The molecular weight excluding hydrogens is 750 g/mol. The molecule has 3 N–H and O–H groups in total. The monoisotopic (exact) mass is 815 g/mol. The van der Waals surface area contributed by atoms with Crippen molar-refractivity contribution >= 4 is 24.2 Å². The lowest BCUT2D eigenvalue weighted by Crippen LogP contribution is -2.66. The van der Waals surface area contributed by atoms with Gasteiger partial charge in [-0.05, 0) is 60.0 Å². The third-order valence-electron chi connectivity index (χ3n) is 11.3. The fourth-order valence-electron chi connectivity index (χ4n) is 8.31. The van der Waals surface area contributed by atoms with Crippen molar-refractivity contribution in [1.82, 2.24) is 4.90 Å². The maximum absolute atomic E-state index is 13.4. The number of cyclic esters (lactones) is 1. The van der Waals surface area contributed by atoms with Crippen molar-refractivity contribution in [3.63, 3.8) is 0 Å². The lowest BCUT2D eigenvalue weighted by molar-refractivity contribution is -0.344. The average molecular weight is 816 g/mol. The fraction of sp³-hybridized carbons (Fsp3) is 0.850. The summed E-state index contributed by atoms with van der Waals surface area (Å²) in [5, 5.41) is 34.5. The third-order valence-corrected chi connectivity index (χ3v) is 11.3. The van der Waals surface area contributed by atoms with Gasteiger partial charge in [-0.25, -0.2) is 0 Å². The maximum atomic E-state index is 13.4. The van der Waals surface area contributed by atoms with Crippen LogP contribution < -0.4 is 0 Å². The zero-order valence-corrected chi connectivity index (χ0v) is 34.9. The largest absolute Gasteiger partial charge is 0.462 e. The summed E-state index contributed by atoms with van der Waals surface area (Å²) in [5.74, 6) is -2.95. The van der Waals surface area contributed by atoms with Gasteiger partial charge in [0.15, 0.2) is 18.7 Å². The van der Waals surface area contributed by atoms with Crippen LogP contribution >= 0.6 is 0 Å². The minimum atomic E-state index is -1.49. The summed E-state index contributed by atoms with van der Waals surface area (Å²) < 4.78 is 54.1. The first-order valence-corrected chi connectivity index (χ1v) is 20.0. The molecular formula is C40H65NO16. The van der Waals surface area contributed by atoms with Gasteiger partial charge in [-0.2, -0.15) is 0 Å². The van der Waals surface area contributed by atoms with E-state index in [-0.39, 0.29) is 37.9 Å². The molecule has 57 heavy (non-hydrogen) atoms. The number of fused-ring (bicyclic) bond motifs is 1. The standard InChI is InChI=1S/C40H65NO16/c1-11-30(45)55-29-18-31(46)50-21(3)17-28-27(54-28)13-12-26(44)20(2)16-25(14-15-42)36(37(29)49-10)57-39-34(47)33(41(8)9)35(22(4)52-39)56-32-19-40(7,48)38(23(5)51-32)53-24(6)43/h12-13,15,20-23,25-29,32-39,44,47-48H,11,14,16-19H2,1-10H3/b13-12-/t20-,21-,22-,23-,25+,26-,27-,28+,29-,32+,33-,34-,35+,36+,37-,38+,39-,40-/m1/s1. The number of nitrogens with zero attached hydrogens (tertiary/aromatic N) is 1. The van der Waals surface area contributed by atoms with Crippen molar-refractivity contribution in [1.29, 1.82) is 0 Å². The molecule has 0 saturated carbocycles. The number of aliphatic hydroxyl groups excluding tert-OH is 2. The first-order chi connectivity index (χ1) is 26.8. The van der Waals surface area contributed by atoms with Gasteiger partial charge in [-0.3, -0.25) is 14.4 Å². The van der Waals surface area contributed by atoms with Crippen LogP contribution in [0.3, 0.4) is 0 Å². The Labute approximate surface area is 335 Å². The Morgan fingerprint density at radius 2 is 1.68 bits per heavy atom. The lowest BCUT2D eigenvalue weighted by atomic mass is 9.82. The van der Waals surface area contributed by atoms with E-state index in [9.17, 15) is 34.5 Å². The van der Waals surface area contributed by atoms with E-state index in [1.165, 1.54) is 21.0 Å². The number of methoxy groups -OCH3 is 1. The molecule has 0 aromatic rings. The Balaban J connectivity index is 1.68. The molecule has 0 bridgehead atoms. The minimum absolute atomic E-state index is 0.00512. The van der Waals surface area contributed by atoms with Crippen LogP contribution in [0.5, 0.6) is 0 Å². The summed E-state index contributed by atoms with van der Waals surface area (Å²) in [5.41, 5.74) is -1.49. The second-order valence-corrected chi connectivity index (χ2v) is 16.4. The van der Waals surface area contributed by atoms with E-state index < -0.39 is 121 Å². The molecule has 0 aromatic carbocycles. The molecule has 0 unspecified atom stereocenters. The Hall–Kier alpha value is -2.58. The quantitative estimate of drug-likeness (QED) is 0.0887. The van der Waals surface area contributed by atoms with Crippen LogP contribution in [-0.4, -0.2) is 163 Å². The van der Waals surface area contributed by atoms with Crippen LogP contribution in [0.25, 0.3) is 0 Å². The average Bonchev–Trinajstić information content (AvgIpc) is 3.86. The number of carbonyl (C=O) groups excluding carboxylic acids is 4. The van der Waals surface area contributed by atoms with Gasteiger partial charge in [0.1, 0.15) is 48.5 Å². The molecule has 3 fully saturated rings. The van der Waals surface area contributed by atoms with E-state index in [1.54, 1.807) is 58.8 Å². The molecule has 17 heteroatoms. The highest BCUT2D eigenvalue weighted by molar-refractivity contribution is 5.72. The smallest absolute Gasteiger partial charge is 0.309 e. The number of epoxide rings is 1. The number of hydrogen-bond donors (Lipinski definition) is 3. The van der Waals surface area contributed by atoms with Crippen LogP contribution in [0.1, 0.15) is 87.0 Å². The van der Waals surface area contributed by atoms with Crippen molar-refractivity contribution in [2.75, 3.05) is 21.2 Å². The highest BCUT2D eigenvalue weighted by Gasteiger charge is 2.53. The summed E-state index contributed by atoms with van der Waals surface area (Å²) in [7, 11) is 4.85. The predicted octanol–water partition coefficient (Wildman–Crippen LogP) is 1.59. The van der Waals surface area contributed by atoms with Crippen molar-refractivity contribution in [2.45, 2.75) is 184 Å². The van der Waals surface area contributed by atoms with Crippen LogP contribution in [0.15, 0.2) is 12.2 Å². The van der Waals surface area contributed by atoms with Gasteiger partial charge in [-0.15, -0.1) is 0 Å². The predicted molar refractivity (Wildman–Crippen MR) is 200 cm³/mol. The van der Waals surface area contributed by atoms with E-state index in [4.69, 9.17) is 42.6 Å². The first-order valence-electron chi connectivity index (χ1n) is 20.0. The fourth-order valence-corrected chi connectivity index (χ4v) is 8.31. The Kier molecular flexibility index (Phi) is 17.0. The molecule has 326 valence electrons. The van der Waals surface area contributed by atoms with Gasteiger partial charge >= 0.3 is 17.9 Å². The maximum Gasteiger partial charge on any atom is 0.309 e.